The summed E-state index contributed by atoms with van der Waals surface area (Å²) in [6.45, 7) is 1.71. The van der Waals surface area contributed by atoms with Crippen LogP contribution in [-0.4, -0.2) is 15.0 Å². The summed E-state index contributed by atoms with van der Waals surface area (Å²) in [4.78, 5) is 14.2. The third-order valence-corrected chi connectivity index (χ3v) is 2.21. The summed E-state index contributed by atoms with van der Waals surface area (Å²) in [5.41, 5.74) is 0.389. The molecule has 2 aromatic rings. The Kier molecular flexibility index (Phi) is 3.09. The summed E-state index contributed by atoms with van der Waals surface area (Å²) in [6.07, 6.45) is 0. The Hall–Kier alpha value is -2.63. The van der Waals surface area contributed by atoms with Gasteiger partial charge in [-0.2, -0.15) is 0 Å². The van der Waals surface area contributed by atoms with Crippen LogP contribution in [0.25, 0.3) is 0 Å². The highest BCUT2D eigenvalue weighted by Gasteiger charge is 2.17. The topological polar surface area (TPSA) is 85.5 Å². The smallest absolute Gasteiger partial charge is 0.331 e. The quantitative estimate of drug-likeness (QED) is 0.664. The summed E-state index contributed by atoms with van der Waals surface area (Å²) in [6, 6.07) is 8.85. The van der Waals surface area contributed by atoms with Crippen molar-refractivity contribution in [1.82, 2.24) is 4.98 Å². The first-order valence-electron chi connectivity index (χ1n) is 5.15. The molecule has 1 heterocycles. The fourth-order valence-corrected chi connectivity index (χ4v) is 1.40. The van der Waals surface area contributed by atoms with Crippen molar-refractivity contribution in [2.45, 2.75) is 6.92 Å². The lowest BCUT2D eigenvalue weighted by molar-refractivity contribution is -0.386. The number of hydrogen-bond donors (Lipinski definition) is 1. The Morgan fingerprint density at radius 1 is 1.33 bits per heavy atom. The van der Waals surface area contributed by atoms with Crippen molar-refractivity contribution in [2.24, 2.45) is 0 Å². The summed E-state index contributed by atoms with van der Waals surface area (Å²) < 4.78 is 5.32. The van der Waals surface area contributed by atoms with Gasteiger partial charge in [0.2, 0.25) is 0 Å². The Balaban J connectivity index is 2.39. The van der Waals surface area contributed by atoms with Crippen molar-refractivity contribution in [1.29, 1.82) is 0 Å². The summed E-state index contributed by atoms with van der Waals surface area (Å²) in [7, 11) is 0. The van der Waals surface area contributed by atoms with Crippen LogP contribution in [0.3, 0.4) is 0 Å². The minimum Gasteiger partial charge on any atom is -0.508 e. The van der Waals surface area contributed by atoms with Gasteiger partial charge in [0.15, 0.2) is 0 Å². The minimum absolute atomic E-state index is 0.0165. The average molecular weight is 246 g/mol. The zero-order valence-electron chi connectivity index (χ0n) is 9.53. The monoisotopic (exact) mass is 246 g/mol. The Bertz CT molecular complexity index is 598. The molecule has 0 radical (unpaired) electrons. The number of phenols is 1. The third kappa shape index (κ3) is 2.54. The molecule has 2 rings (SSSR count). The Morgan fingerprint density at radius 3 is 2.78 bits per heavy atom. The Labute approximate surface area is 103 Å². The minimum atomic E-state index is -0.565. The SMILES string of the molecule is Cc1ccc([N+](=O)[O-])c(Oc2cccc(O)c2)n1. The molecule has 1 aromatic carbocycles. The van der Waals surface area contributed by atoms with Gasteiger partial charge in [0.25, 0.3) is 5.88 Å². The number of aryl methyl sites for hydroxylation is 1. The molecule has 0 atom stereocenters. The second kappa shape index (κ2) is 4.70. The summed E-state index contributed by atoms with van der Waals surface area (Å²) in [5, 5.41) is 20.1. The van der Waals surface area contributed by atoms with E-state index in [2.05, 4.69) is 4.98 Å². The molecular formula is C12H10N2O4. The molecule has 1 aromatic heterocycles. The van der Waals surface area contributed by atoms with E-state index < -0.39 is 4.92 Å². The van der Waals surface area contributed by atoms with Crippen LogP contribution in [0.15, 0.2) is 36.4 Å². The van der Waals surface area contributed by atoms with E-state index in [9.17, 15) is 15.2 Å². The number of aromatic hydroxyl groups is 1. The van der Waals surface area contributed by atoms with Gasteiger partial charge in [0, 0.05) is 17.8 Å². The van der Waals surface area contributed by atoms with E-state index in [1.807, 2.05) is 0 Å². The predicted molar refractivity (Wildman–Crippen MR) is 63.8 cm³/mol. The van der Waals surface area contributed by atoms with Crippen LogP contribution in [0.5, 0.6) is 17.4 Å². The maximum Gasteiger partial charge on any atom is 0.331 e. The standard InChI is InChI=1S/C12H10N2O4/c1-8-5-6-11(14(16)17)12(13-8)18-10-4-2-3-9(15)7-10/h2-7,15H,1H3. The fraction of sp³-hybridized carbons (Fsp3) is 0.0833. The van der Waals surface area contributed by atoms with Crippen molar-refractivity contribution in [2.75, 3.05) is 0 Å². The molecule has 0 saturated carbocycles. The van der Waals surface area contributed by atoms with Gasteiger partial charge in [-0.15, -0.1) is 0 Å². The normalized spacial score (nSPS) is 10.1. The van der Waals surface area contributed by atoms with E-state index in [1.165, 1.54) is 24.3 Å². The van der Waals surface area contributed by atoms with Crippen LogP contribution in [0.2, 0.25) is 0 Å². The first kappa shape index (κ1) is 11.8. The van der Waals surface area contributed by atoms with Crippen molar-refractivity contribution >= 4 is 5.69 Å². The second-order valence-corrected chi connectivity index (χ2v) is 3.63. The van der Waals surface area contributed by atoms with Crippen molar-refractivity contribution in [3.05, 3.63) is 52.2 Å². The van der Waals surface area contributed by atoms with Crippen LogP contribution in [-0.2, 0) is 0 Å². The highest BCUT2D eigenvalue weighted by molar-refractivity contribution is 5.44. The van der Waals surface area contributed by atoms with E-state index in [1.54, 1.807) is 19.1 Å². The molecule has 18 heavy (non-hydrogen) atoms. The van der Waals surface area contributed by atoms with Crippen LogP contribution in [0, 0.1) is 17.0 Å². The molecule has 1 N–H and O–H groups in total. The first-order valence-corrected chi connectivity index (χ1v) is 5.15. The number of nitro groups is 1. The van der Waals surface area contributed by atoms with E-state index in [4.69, 9.17) is 4.74 Å². The molecule has 0 aliphatic carbocycles. The number of pyridine rings is 1. The van der Waals surface area contributed by atoms with Gasteiger partial charge in [-0.1, -0.05) is 6.07 Å². The number of rotatable bonds is 3. The number of aromatic nitrogens is 1. The predicted octanol–water partition coefficient (Wildman–Crippen LogP) is 2.80. The lowest BCUT2D eigenvalue weighted by atomic mass is 10.3. The van der Waals surface area contributed by atoms with Crippen molar-refractivity contribution in [3.8, 4) is 17.4 Å². The van der Waals surface area contributed by atoms with Gasteiger partial charge in [0.05, 0.1) is 4.92 Å². The zero-order chi connectivity index (χ0) is 13.1. The molecule has 92 valence electrons. The molecule has 0 saturated heterocycles. The molecular weight excluding hydrogens is 236 g/mol. The largest absolute Gasteiger partial charge is 0.508 e. The summed E-state index contributed by atoms with van der Waals surface area (Å²) >= 11 is 0. The van der Waals surface area contributed by atoms with Gasteiger partial charge >= 0.3 is 5.69 Å². The van der Waals surface area contributed by atoms with Gasteiger partial charge in [-0.05, 0) is 25.1 Å². The van der Waals surface area contributed by atoms with Gasteiger partial charge < -0.3 is 9.84 Å². The lowest BCUT2D eigenvalue weighted by Crippen LogP contribution is -1.97. The highest BCUT2D eigenvalue weighted by atomic mass is 16.6. The molecule has 0 unspecified atom stereocenters. The maximum atomic E-state index is 10.8. The van der Waals surface area contributed by atoms with E-state index in [-0.39, 0.29) is 23.1 Å². The van der Waals surface area contributed by atoms with Crippen LogP contribution in [0.1, 0.15) is 5.69 Å². The third-order valence-electron chi connectivity index (χ3n) is 2.21. The van der Waals surface area contributed by atoms with Gasteiger partial charge in [0.1, 0.15) is 11.5 Å². The van der Waals surface area contributed by atoms with E-state index in [0.29, 0.717) is 5.69 Å². The molecule has 0 aliphatic heterocycles. The van der Waals surface area contributed by atoms with Gasteiger partial charge in [-0.3, -0.25) is 10.1 Å². The van der Waals surface area contributed by atoms with Crippen molar-refractivity contribution < 1.29 is 14.8 Å². The zero-order valence-corrected chi connectivity index (χ0v) is 9.53. The van der Waals surface area contributed by atoms with E-state index in [0.717, 1.165) is 0 Å². The molecule has 0 bridgehead atoms. The van der Waals surface area contributed by atoms with Crippen LogP contribution < -0.4 is 4.74 Å². The van der Waals surface area contributed by atoms with Crippen molar-refractivity contribution in [3.63, 3.8) is 0 Å². The molecule has 0 aliphatic rings. The lowest BCUT2D eigenvalue weighted by Gasteiger charge is -2.06. The number of nitrogens with zero attached hydrogens (tertiary/aromatic N) is 2. The highest BCUT2D eigenvalue weighted by Crippen LogP contribution is 2.30. The van der Waals surface area contributed by atoms with E-state index >= 15 is 0 Å². The van der Waals surface area contributed by atoms with Crippen LogP contribution in [0.4, 0.5) is 5.69 Å². The maximum absolute atomic E-state index is 10.8. The molecule has 6 heteroatoms. The van der Waals surface area contributed by atoms with Gasteiger partial charge in [-0.25, -0.2) is 4.98 Å². The molecule has 0 spiro atoms. The molecule has 0 fully saturated rings. The fourth-order valence-electron chi connectivity index (χ4n) is 1.40. The molecule has 0 amide bonds. The number of benzene rings is 1. The average Bonchev–Trinajstić information content (AvgIpc) is 2.28. The Morgan fingerprint density at radius 2 is 2.11 bits per heavy atom. The first-order chi connectivity index (χ1) is 8.56. The second-order valence-electron chi connectivity index (χ2n) is 3.63. The number of phenolic OH excluding ortho intramolecular Hbond substituents is 1. The molecule has 6 nitrogen and oxygen atoms in total. The number of hydrogen-bond acceptors (Lipinski definition) is 5. The summed E-state index contributed by atoms with van der Waals surface area (Å²) in [5.74, 6) is 0.213. The van der Waals surface area contributed by atoms with Crippen LogP contribution >= 0.6 is 0 Å². The number of ether oxygens (including phenoxy) is 1.